The molecule has 0 aliphatic rings. The quantitative estimate of drug-likeness (QED) is 0.170. The second kappa shape index (κ2) is 11.3. The van der Waals surface area contributed by atoms with Gasteiger partial charge in [-0.05, 0) is 83.6 Å². The molecule has 5 heterocycles. The number of hydrogen-bond acceptors (Lipinski definition) is 4. The maximum atomic E-state index is 6.61. The molecular weight excluding hydrogens is 603 g/mol. The monoisotopic (exact) mass is 637 g/mol. The van der Waals surface area contributed by atoms with Crippen LogP contribution in [0.15, 0.2) is 128 Å². The highest BCUT2D eigenvalue weighted by atomic mass is 16.5. The zero-order valence-corrected chi connectivity index (χ0v) is 27.9. The number of hydrogen-bond donors (Lipinski definition) is 0. The zero-order valence-electron chi connectivity index (χ0n) is 27.9. The van der Waals surface area contributed by atoms with Crippen molar-refractivity contribution in [3.05, 3.63) is 139 Å². The van der Waals surface area contributed by atoms with E-state index in [4.69, 9.17) is 14.7 Å². The van der Waals surface area contributed by atoms with Crippen molar-refractivity contribution < 1.29 is 4.74 Å². The molecule has 0 saturated heterocycles. The minimum absolute atomic E-state index is 0.369. The van der Waals surface area contributed by atoms with Crippen LogP contribution in [0.5, 0.6) is 11.5 Å². The fourth-order valence-corrected chi connectivity index (χ4v) is 7.45. The third kappa shape index (κ3) is 4.59. The first kappa shape index (κ1) is 29.2. The van der Waals surface area contributed by atoms with E-state index in [2.05, 4.69) is 114 Å². The topological polar surface area (TPSA) is 57.2 Å². The number of pyridine rings is 3. The Morgan fingerprint density at radius 3 is 2.02 bits per heavy atom. The fraction of sp³-hybridized carbons (Fsp3) is 0.140. The summed E-state index contributed by atoms with van der Waals surface area (Å²) < 4.78 is 11.1. The molecule has 0 aliphatic carbocycles. The van der Waals surface area contributed by atoms with Crippen LogP contribution in [-0.4, -0.2) is 23.9 Å². The summed E-state index contributed by atoms with van der Waals surface area (Å²) in [4.78, 5) is 14.7. The van der Waals surface area contributed by atoms with Gasteiger partial charge in [0, 0.05) is 45.6 Å². The number of rotatable bonds is 6. The van der Waals surface area contributed by atoms with Crippen molar-refractivity contribution in [3.63, 3.8) is 0 Å². The molecule has 0 fully saturated rings. The highest BCUT2D eigenvalue weighted by Gasteiger charge is 2.22. The second-order valence-electron chi connectivity index (χ2n) is 13.3. The van der Waals surface area contributed by atoms with E-state index in [0.29, 0.717) is 11.8 Å². The Morgan fingerprint density at radius 1 is 0.551 bits per heavy atom. The molecule has 0 amide bonds. The van der Waals surface area contributed by atoms with Gasteiger partial charge >= 0.3 is 0 Å². The van der Waals surface area contributed by atoms with E-state index in [1.165, 1.54) is 22.1 Å². The summed E-state index contributed by atoms with van der Waals surface area (Å²) in [6.07, 6.45) is 5.73. The van der Waals surface area contributed by atoms with E-state index < -0.39 is 0 Å². The molecule has 0 unspecified atom stereocenters. The molecule has 0 spiro atoms. The molecular formula is C43H35N5O. The van der Waals surface area contributed by atoms with Crippen LogP contribution in [0, 0.1) is 0 Å². The minimum Gasteiger partial charge on any atom is -0.457 e. The molecule has 5 aromatic heterocycles. The molecule has 0 bridgehead atoms. The van der Waals surface area contributed by atoms with Crippen molar-refractivity contribution in [3.8, 4) is 28.6 Å². The summed E-state index contributed by atoms with van der Waals surface area (Å²) in [6, 6.07) is 37.8. The molecule has 9 aromatic rings. The average molecular weight is 638 g/mol. The Labute approximate surface area is 284 Å². The van der Waals surface area contributed by atoms with Crippen molar-refractivity contribution in [1.82, 2.24) is 23.9 Å². The average Bonchev–Trinajstić information content (AvgIpc) is 3.71. The summed E-state index contributed by atoms with van der Waals surface area (Å²) in [7, 11) is 0. The highest BCUT2D eigenvalue weighted by Crippen LogP contribution is 2.41. The maximum absolute atomic E-state index is 6.61. The summed E-state index contributed by atoms with van der Waals surface area (Å²) >= 11 is 0. The molecule has 6 heteroatoms. The largest absolute Gasteiger partial charge is 0.457 e. The number of imidazole rings is 1. The first-order valence-corrected chi connectivity index (χ1v) is 16.9. The lowest BCUT2D eigenvalue weighted by Crippen LogP contribution is -2.03. The Morgan fingerprint density at radius 2 is 1.24 bits per heavy atom. The number of aromatic nitrogens is 5. The van der Waals surface area contributed by atoms with Gasteiger partial charge in [-0.15, -0.1) is 0 Å². The van der Waals surface area contributed by atoms with Gasteiger partial charge in [0.05, 0.1) is 34.0 Å². The first-order valence-electron chi connectivity index (χ1n) is 16.9. The van der Waals surface area contributed by atoms with Crippen molar-refractivity contribution in [2.45, 2.75) is 39.5 Å². The van der Waals surface area contributed by atoms with E-state index >= 15 is 0 Å². The van der Waals surface area contributed by atoms with Gasteiger partial charge in [-0.3, -0.25) is 14.0 Å². The predicted molar refractivity (Wildman–Crippen MR) is 200 cm³/mol. The van der Waals surface area contributed by atoms with E-state index in [1.54, 1.807) is 0 Å². The third-order valence-electron chi connectivity index (χ3n) is 9.66. The zero-order chi connectivity index (χ0) is 33.2. The normalized spacial score (nSPS) is 12.0. The van der Waals surface area contributed by atoms with Crippen LogP contribution >= 0.6 is 0 Å². The third-order valence-corrected chi connectivity index (χ3v) is 9.66. The summed E-state index contributed by atoms with van der Waals surface area (Å²) in [5.74, 6) is 3.10. The van der Waals surface area contributed by atoms with Gasteiger partial charge in [-0.25, -0.2) is 9.97 Å². The number of benzene rings is 4. The molecule has 6 nitrogen and oxygen atoms in total. The van der Waals surface area contributed by atoms with Crippen molar-refractivity contribution in [2.24, 2.45) is 0 Å². The lowest BCUT2D eigenvalue weighted by molar-refractivity contribution is 0.484. The first-order chi connectivity index (χ1) is 24.0. The van der Waals surface area contributed by atoms with Crippen LogP contribution in [0.2, 0.25) is 0 Å². The van der Waals surface area contributed by atoms with Crippen molar-refractivity contribution >= 4 is 49.3 Å². The maximum Gasteiger partial charge on any atom is 0.145 e. The summed E-state index contributed by atoms with van der Waals surface area (Å²) in [6.45, 7) is 9.05. The van der Waals surface area contributed by atoms with Crippen LogP contribution < -0.4 is 4.74 Å². The van der Waals surface area contributed by atoms with Gasteiger partial charge in [0.15, 0.2) is 0 Å². The molecule has 49 heavy (non-hydrogen) atoms. The smallest absolute Gasteiger partial charge is 0.145 e. The van der Waals surface area contributed by atoms with Gasteiger partial charge in [0.1, 0.15) is 23.0 Å². The van der Waals surface area contributed by atoms with Gasteiger partial charge in [-0.2, -0.15) is 0 Å². The lowest BCUT2D eigenvalue weighted by atomic mass is 9.87. The predicted octanol–water partition coefficient (Wildman–Crippen LogP) is 11.2. The summed E-state index contributed by atoms with van der Waals surface area (Å²) in [5, 5.41) is 4.36. The molecule has 0 aliphatic heterocycles. The Balaban J connectivity index is 1.21. The van der Waals surface area contributed by atoms with Gasteiger partial charge in [-0.1, -0.05) is 70.2 Å². The Kier molecular flexibility index (Phi) is 6.73. The van der Waals surface area contributed by atoms with E-state index in [-0.39, 0.29) is 0 Å². The molecule has 238 valence electrons. The lowest BCUT2D eigenvalue weighted by Gasteiger charge is -2.20. The highest BCUT2D eigenvalue weighted by molar-refractivity contribution is 6.11. The Hall–Kier alpha value is -6.01. The van der Waals surface area contributed by atoms with Crippen LogP contribution in [0.1, 0.15) is 50.7 Å². The number of para-hydroxylation sites is 1. The van der Waals surface area contributed by atoms with E-state index in [1.807, 2.05) is 55.0 Å². The Bertz CT molecular complexity index is 2680. The fourth-order valence-electron chi connectivity index (χ4n) is 7.45. The van der Waals surface area contributed by atoms with E-state index in [0.717, 1.165) is 66.9 Å². The molecule has 0 atom stereocenters. The molecule has 0 radical (unpaired) electrons. The number of fused-ring (bicyclic) bond motifs is 9. The van der Waals surface area contributed by atoms with Crippen LogP contribution in [0.3, 0.4) is 0 Å². The minimum atomic E-state index is 0.369. The van der Waals surface area contributed by atoms with Crippen LogP contribution in [0.4, 0.5) is 0 Å². The molecule has 4 aromatic carbocycles. The van der Waals surface area contributed by atoms with Crippen LogP contribution in [-0.2, 0) is 0 Å². The molecule has 0 saturated carbocycles. The van der Waals surface area contributed by atoms with Crippen LogP contribution in [0.25, 0.3) is 66.3 Å². The van der Waals surface area contributed by atoms with Gasteiger partial charge in [0.25, 0.3) is 0 Å². The second-order valence-corrected chi connectivity index (χ2v) is 13.3. The van der Waals surface area contributed by atoms with E-state index in [9.17, 15) is 0 Å². The molecule has 0 N–H and O–H groups in total. The SMILES string of the molecule is CC(C)c1cccc(C(C)C)c1-c1cnc2c3ccc(Oc4ccc5c6ccccc6n(-c6ccccn6)c5c4)cc3c3ncccc3n12. The number of nitrogens with zero attached hydrogens (tertiary/aromatic N) is 5. The van der Waals surface area contributed by atoms with Gasteiger partial charge in [0.2, 0.25) is 0 Å². The van der Waals surface area contributed by atoms with Crippen molar-refractivity contribution in [1.29, 1.82) is 0 Å². The molecule has 9 rings (SSSR count). The number of ether oxygens (including phenoxy) is 1. The van der Waals surface area contributed by atoms with Crippen molar-refractivity contribution in [2.75, 3.05) is 0 Å². The van der Waals surface area contributed by atoms with Gasteiger partial charge < -0.3 is 4.74 Å². The standard InChI is InChI=1S/C43H35N5O/c1-26(2)30-12-9-13-31(27(3)4)41(30)39-25-46-43-34-20-18-28(23-35(34)42-37(48(39)43)15-10-22-45-42)49-29-17-19-33-32-11-5-6-14-36(32)47(38(33)24-29)40-16-7-8-21-44-40/h5-27H,1-4H3. The summed E-state index contributed by atoms with van der Waals surface area (Å²) in [5.41, 5.74) is 10.0.